The van der Waals surface area contributed by atoms with E-state index in [0.29, 0.717) is 12.2 Å². The van der Waals surface area contributed by atoms with E-state index >= 15 is 0 Å². The van der Waals surface area contributed by atoms with Crippen LogP contribution in [0.2, 0.25) is 25.7 Å². The van der Waals surface area contributed by atoms with Gasteiger partial charge in [0.1, 0.15) is 5.56 Å². The summed E-state index contributed by atoms with van der Waals surface area (Å²) in [5, 5.41) is 0. The zero-order chi connectivity index (χ0) is 27.8. The molecule has 0 fully saturated rings. The van der Waals surface area contributed by atoms with Crippen molar-refractivity contribution < 1.29 is 33.3 Å². The van der Waals surface area contributed by atoms with Crippen LogP contribution in [-0.2, 0) is 4.74 Å². The molecule has 1 heterocycles. The van der Waals surface area contributed by atoms with Crippen LogP contribution >= 0.6 is 0 Å². The van der Waals surface area contributed by atoms with E-state index in [2.05, 4.69) is 24.6 Å². The molecule has 0 aliphatic rings. The van der Waals surface area contributed by atoms with Crippen LogP contribution in [0.1, 0.15) is 43.6 Å². The highest BCUT2D eigenvalue weighted by Crippen LogP contribution is 2.44. The van der Waals surface area contributed by atoms with E-state index in [0.717, 1.165) is 6.04 Å². The van der Waals surface area contributed by atoms with Crippen molar-refractivity contribution in [2.45, 2.75) is 65.5 Å². The molecule has 0 N–H and O–H groups in total. The van der Waals surface area contributed by atoms with E-state index in [1.807, 2.05) is 27.7 Å². The molecule has 0 saturated carbocycles. The molecule has 0 aliphatic carbocycles. The molecule has 2 rings (SSSR count). The smallest absolute Gasteiger partial charge is 0.415 e. The predicted molar refractivity (Wildman–Crippen MR) is 145 cm³/mol. The molecule has 1 aromatic carbocycles. The van der Waals surface area contributed by atoms with Gasteiger partial charge in [-0.25, -0.2) is 4.79 Å². The van der Waals surface area contributed by atoms with Gasteiger partial charge in [0, 0.05) is 32.3 Å². The van der Waals surface area contributed by atoms with E-state index in [1.54, 1.807) is 35.2 Å². The second kappa shape index (κ2) is 13.4. The summed E-state index contributed by atoms with van der Waals surface area (Å²) in [4.78, 5) is 33.0. The summed E-state index contributed by atoms with van der Waals surface area (Å²) >= 11 is 0. The third-order valence-electron chi connectivity index (χ3n) is 5.49. The Morgan fingerprint density at radius 2 is 1.54 bits per heavy atom. The summed E-state index contributed by atoms with van der Waals surface area (Å²) in [6, 6.07) is 9.27. The van der Waals surface area contributed by atoms with Gasteiger partial charge in [-0.3, -0.25) is 4.79 Å². The summed E-state index contributed by atoms with van der Waals surface area (Å²) in [5.74, 6) is -0.642. The third-order valence-corrected chi connectivity index (χ3v) is 7.20. The van der Waals surface area contributed by atoms with E-state index in [1.165, 1.54) is 14.2 Å². The molecular weight excluding hydrogens is 492 g/mol. The Morgan fingerprint density at radius 3 is 2.05 bits per heavy atom. The quantitative estimate of drug-likeness (QED) is 0.142. The van der Waals surface area contributed by atoms with Crippen LogP contribution in [0.4, 0.5) is 4.79 Å². The molecule has 0 saturated heterocycles. The molecule has 0 spiro atoms. The van der Waals surface area contributed by atoms with Crippen LogP contribution in [-0.4, -0.2) is 69.5 Å². The zero-order valence-electron chi connectivity index (χ0n) is 23.4. The van der Waals surface area contributed by atoms with Gasteiger partial charge in [-0.1, -0.05) is 50.0 Å². The maximum absolute atomic E-state index is 13.7. The van der Waals surface area contributed by atoms with Gasteiger partial charge in [-0.15, -0.1) is 0 Å². The topological polar surface area (TPSA) is 96.4 Å². The van der Waals surface area contributed by atoms with Crippen molar-refractivity contribution in [1.29, 1.82) is 0 Å². The lowest BCUT2D eigenvalue weighted by molar-refractivity contribution is 0.0183. The highest BCUT2D eigenvalue weighted by molar-refractivity contribution is 6.76. The fourth-order valence-electron chi connectivity index (χ4n) is 3.65. The molecule has 10 heteroatoms. The number of carbonyl (C=O) groups is 2. The van der Waals surface area contributed by atoms with Crippen LogP contribution in [0.5, 0.6) is 23.3 Å². The van der Waals surface area contributed by atoms with E-state index in [-0.39, 0.29) is 47.7 Å². The molecule has 1 amide bonds. The summed E-state index contributed by atoms with van der Waals surface area (Å²) < 4.78 is 28.3. The SMILES string of the molecule is COc1nc(OCOCC[Si](C)(C)C)c(C(=O)c2ccccc2)c(OC(=O)N(C(C)C)C(C)C)c1OC. The molecule has 0 unspecified atom stereocenters. The molecule has 37 heavy (non-hydrogen) atoms. The molecule has 0 aliphatic heterocycles. The summed E-state index contributed by atoms with van der Waals surface area (Å²) in [6.45, 7) is 14.7. The number of carbonyl (C=O) groups excluding carboxylic acids is 2. The van der Waals surface area contributed by atoms with Crippen molar-refractivity contribution in [1.82, 2.24) is 9.88 Å². The van der Waals surface area contributed by atoms with Crippen molar-refractivity contribution >= 4 is 20.0 Å². The molecule has 9 nitrogen and oxygen atoms in total. The number of hydrogen-bond donors (Lipinski definition) is 0. The number of pyridine rings is 1. The second-order valence-corrected chi connectivity index (χ2v) is 15.9. The van der Waals surface area contributed by atoms with Crippen LogP contribution in [0, 0.1) is 0 Å². The molecule has 204 valence electrons. The average Bonchev–Trinajstić information content (AvgIpc) is 2.82. The van der Waals surface area contributed by atoms with Crippen molar-refractivity contribution in [3.05, 3.63) is 41.5 Å². The van der Waals surface area contributed by atoms with Gasteiger partial charge >= 0.3 is 6.09 Å². The first-order valence-electron chi connectivity index (χ1n) is 12.4. The lowest BCUT2D eigenvalue weighted by Crippen LogP contribution is -2.43. The third kappa shape index (κ3) is 8.19. The van der Waals surface area contributed by atoms with Crippen molar-refractivity contribution in [3.63, 3.8) is 0 Å². The average molecular weight is 533 g/mol. The van der Waals surface area contributed by atoms with Gasteiger partial charge in [-0.2, -0.15) is 4.98 Å². The molecule has 1 aromatic heterocycles. The van der Waals surface area contributed by atoms with Crippen molar-refractivity contribution in [2.75, 3.05) is 27.6 Å². The largest absolute Gasteiger partial charge is 0.489 e. The zero-order valence-corrected chi connectivity index (χ0v) is 24.4. The monoisotopic (exact) mass is 532 g/mol. The van der Waals surface area contributed by atoms with Gasteiger partial charge in [-0.05, 0) is 33.7 Å². The van der Waals surface area contributed by atoms with Crippen LogP contribution in [0.15, 0.2) is 30.3 Å². The Balaban J connectivity index is 2.60. The van der Waals surface area contributed by atoms with Crippen LogP contribution in [0.25, 0.3) is 0 Å². The maximum atomic E-state index is 13.7. The Morgan fingerprint density at radius 1 is 0.919 bits per heavy atom. The van der Waals surface area contributed by atoms with Gasteiger partial charge in [0.25, 0.3) is 5.88 Å². The van der Waals surface area contributed by atoms with E-state index in [9.17, 15) is 9.59 Å². The number of ether oxygens (including phenoxy) is 5. The normalized spacial score (nSPS) is 11.4. The van der Waals surface area contributed by atoms with Crippen molar-refractivity contribution in [3.8, 4) is 23.3 Å². The molecule has 2 aromatic rings. The lowest BCUT2D eigenvalue weighted by Gasteiger charge is -2.30. The number of amides is 1. The van der Waals surface area contributed by atoms with Crippen molar-refractivity contribution in [2.24, 2.45) is 0 Å². The number of rotatable bonds is 13. The predicted octanol–water partition coefficient (Wildman–Crippen LogP) is 5.64. The fraction of sp³-hybridized carbons (Fsp3) is 0.519. The first-order chi connectivity index (χ1) is 17.4. The Labute approximate surface area is 221 Å². The Kier molecular flexibility index (Phi) is 10.9. The minimum atomic E-state index is -1.29. The maximum Gasteiger partial charge on any atom is 0.415 e. The van der Waals surface area contributed by atoms with Crippen LogP contribution in [0.3, 0.4) is 0 Å². The summed E-state index contributed by atoms with van der Waals surface area (Å²) in [6.07, 6.45) is -0.643. The molecule has 0 bridgehead atoms. The highest BCUT2D eigenvalue weighted by Gasteiger charge is 2.33. The Hall–Kier alpha value is -3.11. The molecular formula is C27H40N2O7Si. The number of benzene rings is 1. The Bertz CT molecular complexity index is 1040. The standard InChI is InChI=1S/C27H40N2O7Si/c1-18(2)29(19(3)4)27(31)36-23-21(22(30)20-13-11-10-12-14-20)25(28-26(33-6)24(23)32-5)35-17-34-15-16-37(7,8)9/h10-14,18-19H,15-17H2,1-9H3. The van der Waals surface area contributed by atoms with Gasteiger partial charge in [0.2, 0.25) is 17.4 Å². The van der Waals surface area contributed by atoms with E-state index in [4.69, 9.17) is 23.7 Å². The number of hydrogen-bond acceptors (Lipinski definition) is 8. The van der Waals surface area contributed by atoms with E-state index < -0.39 is 20.0 Å². The highest BCUT2D eigenvalue weighted by atomic mass is 28.3. The summed E-state index contributed by atoms with van der Waals surface area (Å²) in [5.41, 5.74) is 0.307. The molecule has 0 radical (unpaired) electrons. The van der Waals surface area contributed by atoms with Gasteiger partial charge in [0.05, 0.1) is 14.2 Å². The first-order valence-corrected chi connectivity index (χ1v) is 16.1. The number of methoxy groups -OCH3 is 2. The first kappa shape index (κ1) is 30.1. The summed E-state index contributed by atoms with van der Waals surface area (Å²) in [7, 11) is 1.49. The minimum absolute atomic E-state index is 0.00709. The number of aromatic nitrogens is 1. The number of nitrogens with zero attached hydrogens (tertiary/aromatic N) is 2. The minimum Gasteiger partial charge on any atom is -0.489 e. The fourth-order valence-corrected chi connectivity index (χ4v) is 4.41. The molecule has 0 atom stereocenters. The van der Waals surface area contributed by atoms with Crippen LogP contribution < -0.4 is 18.9 Å². The van der Waals surface area contributed by atoms with Gasteiger partial charge < -0.3 is 28.6 Å². The lowest BCUT2D eigenvalue weighted by atomic mass is 10.0. The van der Waals surface area contributed by atoms with Gasteiger partial charge in [0.15, 0.2) is 12.5 Å². The second-order valence-electron chi connectivity index (χ2n) is 10.3. The number of ketones is 1.